The Morgan fingerprint density at radius 2 is 2.12 bits per heavy atom. The lowest BCUT2D eigenvalue weighted by atomic mass is 9.97. The van der Waals surface area contributed by atoms with Crippen LogP contribution in [-0.4, -0.2) is 41.6 Å². The van der Waals surface area contributed by atoms with Crippen molar-refractivity contribution >= 4 is 5.91 Å². The van der Waals surface area contributed by atoms with Gasteiger partial charge in [-0.05, 0) is 27.7 Å². The van der Waals surface area contributed by atoms with E-state index in [1.165, 1.54) is 0 Å². The van der Waals surface area contributed by atoms with E-state index in [-0.39, 0.29) is 29.6 Å². The van der Waals surface area contributed by atoms with Crippen molar-refractivity contribution in [1.29, 1.82) is 0 Å². The number of hydrazine groups is 1. The van der Waals surface area contributed by atoms with Gasteiger partial charge in [-0.3, -0.25) is 15.1 Å². The summed E-state index contributed by atoms with van der Waals surface area (Å²) in [5.74, 6) is 4.94. The maximum absolute atomic E-state index is 11.5. The van der Waals surface area contributed by atoms with E-state index in [2.05, 4.69) is 38.0 Å². The number of rotatable bonds is 3. The number of nitrogens with zero attached hydrogens (tertiary/aromatic N) is 1. The first-order valence-corrected chi connectivity index (χ1v) is 6.19. The molecule has 3 atom stereocenters. The van der Waals surface area contributed by atoms with Gasteiger partial charge in [0, 0.05) is 19.1 Å². The fourth-order valence-electron chi connectivity index (χ4n) is 2.48. The largest absolute Gasteiger partial charge is 0.370 e. The van der Waals surface area contributed by atoms with E-state index in [9.17, 15) is 4.79 Å². The molecule has 0 aromatic rings. The van der Waals surface area contributed by atoms with Gasteiger partial charge in [-0.1, -0.05) is 6.92 Å². The van der Waals surface area contributed by atoms with E-state index in [0.29, 0.717) is 0 Å². The number of carbonyl (C=O) groups is 1. The fraction of sp³-hybridized carbons (Fsp3) is 0.917. The Morgan fingerprint density at radius 1 is 1.53 bits per heavy atom. The molecule has 0 aromatic carbocycles. The minimum Gasteiger partial charge on any atom is -0.370 e. The summed E-state index contributed by atoms with van der Waals surface area (Å²) >= 11 is 0. The Bertz CT molecular complexity index is 281. The maximum Gasteiger partial charge on any atom is 0.238 e. The third kappa shape index (κ3) is 3.66. The van der Waals surface area contributed by atoms with Crippen molar-refractivity contribution in [2.24, 2.45) is 11.8 Å². The molecule has 0 radical (unpaired) electrons. The van der Waals surface area contributed by atoms with Gasteiger partial charge in [0.05, 0.1) is 17.6 Å². The zero-order valence-electron chi connectivity index (χ0n) is 11.5. The fourth-order valence-corrected chi connectivity index (χ4v) is 2.48. The number of carbonyl (C=O) groups excluding carboxylic acids is 1. The molecule has 1 aliphatic heterocycles. The van der Waals surface area contributed by atoms with Crippen LogP contribution in [0.5, 0.6) is 0 Å². The molecular weight excluding hydrogens is 218 g/mol. The SMILES string of the molecule is CC1CN(C(C)C(C)C(=O)NN)CC(C)(C)O1. The summed E-state index contributed by atoms with van der Waals surface area (Å²) in [7, 11) is 0. The molecular formula is C12H25N3O2. The lowest BCUT2D eigenvalue weighted by Crippen LogP contribution is -2.57. The van der Waals surface area contributed by atoms with Crippen LogP contribution in [0, 0.1) is 5.92 Å². The first kappa shape index (κ1) is 14.4. The number of hydrogen-bond acceptors (Lipinski definition) is 4. The summed E-state index contributed by atoms with van der Waals surface area (Å²) in [6.45, 7) is 11.9. The molecule has 5 heteroatoms. The highest BCUT2D eigenvalue weighted by Gasteiger charge is 2.36. The summed E-state index contributed by atoms with van der Waals surface area (Å²) in [4.78, 5) is 13.8. The van der Waals surface area contributed by atoms with Crippen LogP contribution in [0.1, 0.15) is 34.6 Å². The van der Waals surface area contributed by atoms with E-state index in [1.807, 2.05) is 6.92 Å². The number of ether oxygens (including phenoxy) is 1. The molecule has 3 N–H and O–H groups in total. The summed E-state index contributed by atoms with van der Waals surface area (Å²) in [5, 5.41) is 0. The Morgan fingerprint density at radius 3 is 2.59 bits per heavy atom. The highest BCUT2D eigenvalue weighted by Crippen LogP contribution is 2.24. The van der Waals surface area contributed by atoms with Crippen molar-refractivity contribution in [3.8, 4) is 0 Å². The van der Waals surface area contributed by atoms with Crippen LogP contribution in [-0.2, 0) is 9.53 Å². The van der Waals surface area contributed by atoms with E-state index < -0.39 is 0 Å². The van der Waals surface area contributed by atoms with Gasteiger partial charge >= 0.3 is 0 Å². The van der Waals surface area contributed by atoms with Gasteiger partial charge in [-0.25, -0.2) is 5.84 Å². The number of nitrogens with one attached hydrogen (secondary N) is 1. The van der Waals surface area contributed by atoms with Crippen LogP contribution in [0.15, 0.2) is 0 Å². The molecule has 1 amide bonds. The third-order valence-electron chi connectivity index (χ3n) is 3.45. The predicted molar refractivity (Wildman–Crippen MR) is 67.2 cm³/mol. The number of hydrogen-bond donors (Lipinski definition) is 2. The van der Waals surface area contributed by atoms with Crippen molar-refractivity contribution in [2.75, 3.05) is 13.1 Å². The monoisotopic (exact) mass is 243 g/mol. The summed E-state index contributed by atoms with van der Waals surface area (Å²) in [6.07, 6.45) is 0.189. The normalized spacial score (nSPS) is 28.5. The molecule has 3 unspecified atom stereocenters. The molecule has 1 rings (SSSR count). The van der Waals surface area contributed by atoms with E-state index in [0.717, 1.165) is 13.1 Å². The lowest BCUT2D eigenvalue weighted by molar-refractivity contribution is -0.146. The van der Waals surface area contributed by atoms with Crippen molar-refractivity contribution in [2.45, 2.75) is 52.4 Å². The molecule has 5 nitrogen and oxygen atoms in total. The topological polar surface area (TPSA) is 67.6 Å². The highest BCUT2D eigenvalue weighted by molar-refractivity contribution is 5.78. The average Bonchev–Trinajstić information content (AvgIpc) is 2.23. The van der Waals surface area contributed by atoms with Crippen LogP contribution < -0.4 is 11.3 Å². The van der Waals surface area contributed by atoms with Gasteiger partial charge < -0.3 is 4.74 Å². The Balaban J connectivity index is 2.68. The van der Waals surface area contributed by atoms with E-state index >= 15 is 0 Å². The molecule has 0 saturated carbocycles. The zero-order chi connectivity index (χ0) is 13.2. The number of morpholine rings is 1. The van der Waals surface area contributed by atoms with Gasteiger partial charge in [0.2, 0.25) is 5.91 Å². The predicted octanol–water partition coefficient (Wildman–Crippen LogP) is 0.500. The molecule has 1 heterocycles. The average molecular weight is 243 g/mol. The molecule has 0 aromatic heterocycles. The Labute approximate surface area is 104 Å². The van der Waals surface area contributed by atoms with Crippen LogP contribution in [0.3, 0.4) is 0 Å². The van der Waals surface area contributed by atoms with E-state index in [1.54, 1.807) is 0 Å². The van der Waals surface area contributed by atoms with Crippen molar-refractivity contribution in [1.82, 2.24) is 10.3 Å². The molecule has 17 heavy (non-hydrogen) atoms. The van der Waals surface area contributed by atoms with Crippen molar-refractivity contribution in [3.05, 3.63) is 0 Å². The lowest BCUT2D eigenvalue weighted by Gasteiger charge is -2.45. The second-order valence-corrected chi connectivity index (χ2v) is 5.66. The first-order valence-electron chi connectivity index (χ1n) is 6.19. The summed E-state index contributed by atoms with van der Waals surface area (Å²) < 4.78 is 5.85. The van der Waals surface area contributed by atoms with Crippen LogP contribution in [0.25, 0.3) is 0 Å². The minimum atomic E-state index is -0.162. The molecule has 1 aliphatic rings. The third-order valence-corrected chi connectivity index (χ3v) is 3.45. The van der Waals surface area contributed by atoms with Gasteiger partial charge in [0.25, 0.3) is 0 Å². The van der Waals surface area contributed by atoms with Crippen molar-refractivity contribution < 1.29 is 9.53 Å². The maximum atomic E-state index is 11.5. The molecule has 100 valence electrons. The molecule has 0 bridgehead atoms. The Hall–Kier alpha value is -0.650. The quantitative estimate of drug-likeness (QED) is 0.430. The second kappa shape index (κ2) is 5.33. The van der Waals surface area contributed by atoms with Crippen LogP contribution >= 0.6 is 0 Å². The smallest absolute Gasteiger partial charge is 0.238 e. The number of nitrogens with two attached hydrogens (primary N) is 1. The molecule has 0 aliphatic carbocycles. The molecule has 1 saturated heterocycles. The van der Waals surface area contributed by atoms with Gasteiger partial charge in [-0.15, -0.1) is 0 Å². The van der Waals surface area contributed by atoms with Crippen molar-refractivity contribution in [3.63, 3.8) is 0 Å². The Kier molecular flexibility index (Phi) is 4.52. The second-order valence-electron chi connectivity index (χ2n) is 5.66. The summed E-state index contributed by atoms with van der Waals surface area (Å²) in [5.41, 5.74) is 2.06. The standard InChI is InChI=1S/C12H25N3O2/c1-8-6-15(7-12(4,5)17-8)10(3)9(2)11(16)14-13/h8-10H,6-7,13H2,1-5H3,(H,14,16). The summed E-state index contributed by atoms with van der Waals surface area (Å²) in [6, 6.07) is 0.157. The van der Waals surface area contributed by atoms with Gasteiger partial charge in [-0.2, -0.15) is 0 Å². The van der Waals surface area contributed by atoms with E-state index in [4.69, 9.17) is 10.6 Å². The molecule has 0 spiro atoms. The minimum absolute atomic E-state index is 0.116. The van der Waals surface area contributed by atoms with Crippen LogP contribution in [0.4, 0.5) is 0 Å². The zero-order valence-corrected chi connectivity index (χ0v) is 11.5. The first-order chi connectivity index (χ1) is 7.76. The van der Waals surface area contributed by atoms with Gasteiger partial charge in [0.1, 0.15) is 0 Å². The van der Waals surface area contributed by atoms with Gasteiger partial charge in [0.15, 0.2) is 0 Å². The van der Waals surface area contributed by atoms with Crippen LogP contribution in [0.2, 0.25) is 0 Å². The number of amides is 1. The highest BCUT2D eigenvalue weighted by atomic mass is 16.5. The molecule has 1 fully saturated rings.